The molecule has 0 saturated carbocycles. The van der Waals surface area contributed by atoms with Gasteiger partial charge in [-0.05, 0) is 42.8 Å². The highest BCUT2D eigenvalue weighted by atomic mass is 35.5. The van der Waals surface area contributed by atoms with E-state index in [1.807, 2.05) is 0 Å². The van der Waals surface area contributed by atoms with Gasteiger partial charge in [-0.15, -0.1) is 0 Å². The second kappa shape index (κ2) is 10.9. The van der Waals surface area contributed by atoms with Gasteiger partial charge in [-0.3, -0.25) is 14.6 Å². The third-order valence-electron chi connectivity index (χ3n) is 6.39. The van der Waals surface area contributed by atoms with Gasteiger partial charge in [-0.25, -0.2) is 9.18 Å². The molecule has 14 heteroatoms. The van der Waals surface area contributed by atoms with Crippen molar-refractivity contribution in [1.82, 2.24) is 19.7 Å². The number of benzene rings is 2. The number of hydrogen-bond acceptors (Lipinski definition) is 7. The fourth-order valence-electron chi connectivity index (χ4n) is 4.43. The first kappa shape index (κ1) is 28.2. The van der Waals surface area contributed by atoms with E-state index < -0.39 is 45.9 Å². The molecule has 0 atom stereocenters. The summed E-state index contributed by atoms with van der Waals surface area (Å²) < 4.78 is 67.3. The molecule has 1 amide bonds. The molecular formula is C27H19ClF4N4O5. The smallest absolute Gasteiger partial charge is 0.417 e. The highest BCUT2D eigenvalue weighted by molar-refractivity contribution is 6.34. The van der Waals surface area contributed by atoms with Crippen molar-refractivity contribution in [3.63, 3.8) is 0 Å². The molecule has 3 heterocycles. The summed E-state index contributed by atoms with van der Waals surface area (Å²) in [7, 11) is 1.12. The number of ether oxygens (including phenoxy) is 2. The predicted molar refractivity (Wildman–Crippen MR) is 137 cm³/mol. The molecule has 1 fully saturated rings. The first-order valence-electron chi connectivity index (χ1n) is 12.1. The Balaban J connectivity index is 1.72. The Morgan fingerprint density at radius 3 is 2.51 bits per heavy atom. The summed E-state index contributed by atoms with van der Waals surface area (Å²) in [5.74, 6) is -3.52. The Hall–Kier alpha value is -4.36. The molecule has 0 spiro atoms. The Morgan fingerprint density at radius 2 is 1.85 bits per heavy atom. The van der Waals surface area contributed by atoms with Crippen molar-refractivity contribution < 1.29 is 41.4 Å². The van der Waals surface area contributed by atoms with E-state index in [0.29, 0.717) is 30.3 Å². The first-order valence-corrected chi connectivity index (χ1v) is 12.4. The van der Waals surface area contributed by atoms with Gasteiger partial charge >= 0.3 is 12.1 Å². The molecule has 1 saturated heterocycles. The third-order valence-corrected chi connectivity index (χ3v) is 6.70. The number of aromatic nitrogens is 3. The van der Waals surface area contributed by atoms with Gasteiger partial charge in [0.1, 0.15) is 23.8 Å². The van der Waals surface area contributed by atoms with Crippen LogP contribution in [0.25, 0.3) is 22.3 Å². The van der Waals surface area contributed by atoms with Crippen LogP contribution in [0.4, 0.5) is 17.6 Å². The van der Waals surface area contributed by atoms with Crippen molar-refractivity contribution in [2.45, 2.75) is 12.6 Å². The molecule has 4 aromatic rings. The zero-order valence-electron chi connectivity index (χ0n) is 21.2. The number of amides is 1. The summed E-state index contributed by atoms with van der Waals surface area (Å²) in [6, 6.07) is 7.43. The number of carbonyl (C=O) groups is 3. The lowest BCUT2D eigenvalue weighted by atomic mass is 10.1. The van der Waals surface area contributed by atoms with E-state index in [9.17, 15) is 27.6 Å². The number of pyridine rings is 1. The van der Waals surface area contributed by atoms with Crippen LogP contribution in [0.15, 0.2) is 48.7 Å². The van der Waals surface area contributed by atoms with Crippen molar-refractivity contribution in [1.29, 1.82) is 0 Å². The van der Waals surface area contributed by atoms with Crippen molar-refractivity contribution in [2.75, 3.05) is 27.0 Å². The maximum Gasteiger partial charge on any atom is 0.417 e. The van der Waals surface area contributed by atoms with Crippen LogP contribution in [0.1, 0.15) is 43.1 Å². The van der Waals surface area contributed by atoms with Crippen LogP contribution in [-0.2, 0) is 15.7 Å². The number of esters is 1. The zero-order chi connectivity index (χ0) is 29.5. The molecule has 2 aromatic carbocycles. The van der Waals surface area contributed by atoms with Gasteiger partial charge < -0.3 is 14.4 Å². The molecule has 1 aliphatic heterocycles. The minimum absolute atomic E-state index is 0.000199. The highest BCUT2D eigenvalue weighted by Gasteiger charge is 2.37. The van der Waals surface area contributed by atoms with E-state index >= 15 is 4.39 Å². The minimum atomic E-state index is -4.94. The summed E-state index contributed by atoms with van der Waals surface area (Å²) in [5, 5.41) is 3.65. The molecule has 1 aliphatic rings. The molecule has 2 aromatic heterocycles. The Kier molecular flexibility index (Phi) is 7.49. The lowest BCUT2D eigenvalue weighted by Crippen LogP contribution is -2.38. The van der Waals surface area contributed by atoms with Gasteiger partial charge in [0, 0.05) is 18.3 Å². The maximum atomic E-state index is 15.2. The first-order chi connectivity index (χ1) is 19.5. The Bertz CT molecular complexity index is 1700. The van der Waals surface area contributed by atoms with E-state index in [1.54, 1.807) is 0 Å². The van der Waals surface area contributed by atoms with E-state index in [1.165, 1.54) is 29.3 Å². The molecule has 0 unspecified atom stereocenters. The van der Waals surface area contributed by atoms with Crippen molar-refractivity contribution >= 4 is 40.4 Å². The van der Waals surface area contributed by atoms with Crippen molar-refractivity contribution in [3.8, 4) is 11.3 Å². The van der Waals surface area contributed by atoms with Crippen LogP contribution in [0.2, 0.25) is 5.02 Å². The van der Waals surface area contributed by atoms with Gasteiger partial charge in [0.2, 0.25) is 0 Å². The number of fused-ring (bicyclic) bond motifs is 1. The van der Waals surface area contributed by atoms with E-state index in [0.717, 1.165) is 25.3 Å². The van der Waals surface area contributed by atoms with E-state index in [-0.39, 0.29) is 40.1 Å². The summed E-state index contributed by atoms with van der Waals surface area (Å²) >= 11 is 6.07. The van der Waals surface area contributed by atoms with Crippen molar-refractivity contribution in [2.24, 2.45) is 0 Å². The largest absolute Gasteiger partial charge is 0.465 e. The lowest BCUT2D eigenvalue weighted by Gasteiger charge is -2.26. The quantitative estimate of drug-likeness (QED) is 0.238. The molecule has 41 heavy (non-hydrogen) atoms. The summed E-state index contributed by atoms with van der Waals surface area (Å²) in [4.78, 5) is 44.3. The Labute approximate surface area is 234 Å². The van der Waals surface area contributed by atoms with Gasteiger partial charge in [-0.2, -0.15) is 23.0 Å². The summed E-state index contributed by atoms with van der Waals surface area (Å²) in [6.45, 7) is 0.894. The van der Waals surface area contributed by atoms with Gasteiger partial charge in [0.15, 0.2) is 0 Å². The Morgan fingerprint density at radius 1 is 1.07 bits per heavy atom. The highest BCUT2D eigenvalue weighted by Crippen LogP contribution is 2.37. The van der Waals surface area contributed by atoms with Crippen LogP contribution >= 0.6 is 11.6 Å². The molecule has 0 aliphatic carbocycles. The maximum absolute atomic E-state index is 15.2. The number of hydrogen-bond donors (Lipinski definition) is 0. The van der Waals surface area contributed by atoms with Crippen LogP contribution in [-0.4, -0.2) is 64.4 Å². The molecular weight excluding hydrogens is 572 g/mol. The van der Waals surface area contributed by atoms with Crippen LogP contribution < -0.4 is 0 Å². The number of halogens is 5. The van der Waals surface area contributed by atoms with Gasteiger partial charge in [0.05, 0.1) is 46.5 Å². The monoisotopic (exact) mass is 590 g/mol. The average molecular weight is 591 g/mol. The van der Waals surface area contributed by atoms with Crippen LogP contribution in [0.3, 0.4) is 0 Å². The molecule has 5 rings (SSSR count). The fraction of sp³-hybridized carbons (Fsp3) is 0.222. The minimum Gasteiger partial charge on any atom is -0.465 e. The van der Waals surface area contributed by atoms with Gasteiger partial charge in [-0.1, -0.05) is 17.7 Å². The number of nitrogens with zero attached hydrogens (tertiary/aromatic N) is 4. The normalized spacial score (nSPS) is 13.9. The second-order valence-corrected chi connectivity index (χ2v) is 9.37. The van der Waals surface area contributed by atoms with Crippen molar-refractivity contribution in [3.05, 3.63) is 81.8 Å². The molecule has 0 radical (unpaired) electrons. The molecule has 212 valence electrons. The molecule has 9 nitrogen and oxygen atoms in total. The summed E-state index contributed by atoms with van der Waals surface area (Å²) in [5.41, 5.74) is -2.99. The second-order valence-electron chi connectivity index (χ2n) is 8.96. The van der Waals surface area contributed by atoms with Crippen LogP contribution in [0, 0.1) is 5.82 Å². The standard InChI is InChI=1S/C27H19ClF4N4O5/c1-40-26(39)14-6-7-16(19(29)10-14)22-23-20(11-15(12-33-23)24(37)35-8-3-9-41-13-35)36(34-22)25(38)21-17(27(30,31)32)4-2-5-18(21)28/h2,4-7,10-12H,3,8-9,13H2,1H3. The van der Waals surface area contributed by atoms with E-state index in [2.05, 4.69) is 14.8 Å². The third kappa shape index (κ3) is 5.25. The van der Waals surface area contributed by atoms with E-state index in [4.69, 9.17) is 16.3 Å². The number of alkyl halides is 3. The van der Waals surface area contributed by atoms with Gasteiger partial charge in [0.25, 0.3) is 11.8 Å². The predicted octanol–water partition coefficient (Wildman–Crippen LogP) is 5.20. The topological polar surface area (TPSA) is 104 Å². The average Bonchev–Trinajstić information content (AvgIpc) is 3.34. The summed E-state index contributed by atoms with van der Waals surface area (Å²) in [6.07, 6.45) is -3.16. The molecule has 0 N–H and O–H groups in total. The lowest BCUT2D eigenvalue weighted by molar-refractivity contribution is -0.137. The number of rotatable bonds is 4. The van der Waals surface area contributed by atoms with Crippen LogP contribution in [0.5, 0.6) is 0 Å². The zero-order valence-corrected chi connectivity index (χ0v) is 21.9. The molecule has 0 bridgehead atoms. The number of methoxy groups -OCH3 is 1. The SMILES string of the molecule is COC(=O)c1ccc(-c2nn(C(=O)c3c(Cl)cccc3C(F)(F)F)c3cc(C(=O)N4CCCOC4)cnc23)c(F)c1. The fourth-order valence-corrected chi connectivity index (χ4v) is 4.68. The number of carbonyl (C=O) groups excluding carboxylic acids is 3.